The highest BCUT2D eigenvalue weighted by molar-refractivity contribution is 5.77. The summed E-state index contributed by atoms with van der Waals surface area (Å²) in [5.41, 5.74) is 1.53. The van der Waals surface area contributed by atoms with E-state index in [-0.39, 0.29) is 24.7 Å². The maximum Gasteiger partial charge on any atom is 0.231 e. The number of hydrogen-bond donors (Lipinski definition) is 1. The van der Waals surface area contributed by atoms with Crippen LogP contribution in [0.1, 0.15) is 55.7 Å². The van der Waals surface area contributed by atoms with Crippen molar-refractivity contribution in [2.75, 3.05) is 13.3 Å². The van der Waals surface area contributed by atoms with Crippen LogP contribution < -0.4 is 9.47 Å². The van der Waals surface area contributed by atoms with Gasteiger partial charge in [0.25, 0.3) is 0 Å². The SMILES string of the molecule is O=C(CCc1ccccc1)N1CCC2(O)CCCCC2C1c1ccc2c(c1)OCO2. The van der Waals surface area contributed by atoms with Gasteiger partial charge in [-0.05, 0) is 48.9 Å². The summed E-state index contributed by atoms with van der Waals surface area (Å²) in [4.78, 5) is 15.4. The zero-order valence-corrected chi connectivity index (χ0v) is 17.3. The molecule has 5 heteroatoms. The number of piperidine rings is 1. The van der Waals surface area contributed by atoms with E-state index in [0.717, 1.165) is 49.2 Å². The van der Waals surface area contributed by atoms with E-state index in [1.165, 1.54) is 5.56 Å². The van der Waals surface area contributed by atoms with E-state index in [9.17, 15) is 9.90 Å². The molecule has 3 aliphatic rings. The largest absolute Gasteiger partial charge is 0.454 e. The number of aryl methyl sites for hydroxylation is 1. The van der Waals surface area contributed by atoms with Gasteiger partial charge in [-0.15, -0.1) is 0 Å². The van der Waals surface area contributed by atoms with Crippen molar-refractivity contribution in [1.82, 2.24) is 4.90 Å². The number of likely N-dealkylation sites (tertiary alicyclic amines) is 1. The summed E-state index contributed by atoms with van der Waals surface area (Å²) in [6.07, 6.45) is 5.80. The van der Waals surface area contributed by atoms with Crippen molar-refractivity contribution < 1.29 is 19.4 Å². The number of ether oxygens (including phenoxy) is 2. The molecule has 0 spiro atoms. The summed E-state index contributed by atoms with van der Waals surface area (Å²) in [5, 5.41) is 11.4. The lowest BCUT2D eigenvalue weighted by Crippen LogP contribution is -2.56. The molecule has 2 aromatic rings. The van der Waals surface area contributed by atoms with Crippen molar-refractivity contribution >= 4 is 5.91 Å². The predicted molar refractivity (Wildman–Crippen MR) is 113 cm³/mol. The normalized spacial score (nSPS) is 27.6. The Morgan fingerprint density at radius 3 is 2.77 bits per heavy atom. The van der Waals surface area contributed by atoms with Crippen LogP contribution in [0.5, 0.6) is 11.5 Å². The lowest BCUT2D eigenvalue weighted by molar-refractivity contribution is -0.155. The Kier molecular flexibility index (Phi) is 5.15. The summed E-state index contributed by atoms with van der Waals surface area (Å²) < 4.78 is 11.1. The van der Waals surface area contributed by atoms with Crippen LogP contribution in [-0.4, -0.2) is 34.9 Å². The van der Waals surface area contributed by atoms with E-state index in [1.54, 1.807) is 0 Å². The summed E-state index contributed by atoms with van der Waals surface area (Å²) in [6, 6.07) is 16.0. The maximum atomic E-state index is 13.4. The summed E-state index contributed by atoms with van der Waals surface area (Å²) in [7, 11) is 0. The van der Waals surface area contributed by atoms with Gasteiger partial charge in [0, 0.05) is 18.9 Å². The van der Waals surface area contributed by atoms with Crippen molar-refractivity contribution in [2.24, 2.45) is 5.92 Å². The molecule has 1 saturated carbocycles. The molecule has 3 unspecified atom stereocenters. The maximum absolute atomic E-state index is 13.4. The minimum absolute atomic E-state index is 0.0565. The van der Waals surface area contributed by atoms with E-state index in [0.29, 0.717) is 19.4 Å². The van der Waals surface area contributed by atoms with Crippen LogP contribution in [-0.2, 0) is 11.2 Å². The van der Waals surface area contributed by atoms with Crippen LogP contribution in [0.3, 0.4) is 0 Å². The summed E-state index contributed by atoms with van der Waals surface area (Å²) in [5.74, 6) is 1.69. The minimum Gasteiger partial charge on any atom is -0.454 e. The zero-order valence-electron chi connectivity index (χ0n) is 17.3. The van der Waals surface area contributed by atoms with Crippen molar-refractivity contribution in [2.45, 2.75) is 56.6 Å². The summed E-state index contributed by atoms with van der Waals surface area (Å²) >= 11 is 0. The topological polar surface area (TPSA) is 59.0 Å². The second-order valence-electron chi connectivity index (χ2n) is 8.84. The fourth-order valence-electron chi connectivity index (χ4n) is 5.51. The van der Waals surface area contributed by atoms with Gasteiger partial charge in [0.1, 0.15) is 0 Å². The van der Waals surface area contributed by atoms with Gasteiger partial charge in [0.05, 0.1) is 11.6 Å². The molecule has 1 N–H and O–H groups in total. The number of aliphatic hydroxyl groups is 1. The number of carbonyl (C=O) groups excluding carboxylic acids is 1. The minimum atomic E-state index is -0.685. The van der Waals surface area contributed by atoms with E-state index in [4.69, 9.17) is 9.47 Å². The van der Waals surface area contributed by atoms with Crippen molar-refractivity contribution in [3.8, 4) is 11.5 Å². The van der Waals surface area contributed by atoms with Gasteiger partial charge in [-0.25, -0.2) is 0 Å². The lowest BCUT2D eigenvalue weighted by atomic mass is 9.66. The number of amides is 1. The third-order valence-electron chi connectivity index (χ3n) is 7.10. The monoisotopic (exact) mass is 407 g/mol. The lowest BCUT2D eigenvalue weighted by Gasteiger charge is -2.52. The molecular weight excluding hydrogens is 378 g/mol. The molecule has 0 radical (unpaired) electrons. The number of rotatable bonds is 4. The first-order chi connectivity index (χ1) is 14.6. The van der Waals surface area contributed by atoms with E-state index in [2.05, 4.69) is 12.1 Å². The van der Waals surface area contributed by atoms with Gasteiger partial charge in [-0.2, -0.15) is 0 Å². The molecule has 0 aromatic heterocycles. The molecule has 30 heavy (non-hydrogen) atoms. The number of carbonyl (C=O) groups is 1. The van der Waals surface area contributed by atoms with Crippen LogP contribution in [0, 0.1) is 5.92 Å². The third-order valence-corrected chi connectivity index (χ3v) is 7.10. The Morgan fingerprint density at radius 1 is 1.07 bits per heavy atom. The Bertz CT molecular complexity index is 915. The highest BCUT2D eigenvalue weighted by atomic mass is 16.7. The van der Waals surface area contributed by atoms with Crippen molar-refractivity contribution in [3.63, 3.8) is 0 Å². The van der Waals surface area contributed by atoms with Gasteiger partial charge in [-0.3, -0.25) is 4.79 Å². The molecule has 2 aromatic carbocycles. The molecule has 2 heterocycles. The molecule has 1 saturated heterocycles. The molecule has 158 valence electrons. The Balaban J connectivity index is 1.43. The van der Waals surface area contributed by atoms with E-state index < -0.39 is 5.60 Å². The van der Waals surface area contributed by atoms with E-state index >= 15 is 0 Å². The fraction of sp³-hybridized carbons (Fsp3) is 0.480. The quantitative estimate of drug-likeness (QED) is 0.824. The first kappa shape index (κ1) is 19.4. The molecule has 2 fully saturated rings. The molecule has 3 atom stereocenters. The highest BCUT2D eigenvalue weighted by Crippen LogP contribution is 2.50. The molecule has 1 aliphatic carbocycles. The molecule has 1 amide bonds. The average Bonchev–Trinajstić information content (AvgIpc) is 3.25. The second kappa shape index (κ2) is 7.95. The Labute approximate surface area is 177 Å². The van der Waals surface area contributed by atoms with Gasteiger partial charge in [0.15, 0.2) is 11.5 Å². The van der Waals surface area contributed by atoms with Crippen molar-refractivity contribution in [3.05, 3.63) is 59.7 Å². The number of hydrogen-bond acceptors (Lipinski definition) is 4. The van der Waals surface area contributed by atoms with Crippen LogP contribution in [0.15, 0.2) is 48.5 Å². The first-order valence-corrected chi connectivity index (χ1v) is 11.1. The van der Waals surface area contributed by atoms with Crippen LogP contribution in [0.2, 0.25) is 0 Å². The molecule has 2 aliphatic heterocycles. The molecular formula is C25H29NO4. The third kappa shape index (κ3) is 3.56. The number of benzene rings is 2. The van der Waals surface area contributed by atoms with Crippen molar-refractivity contribution in [1.29, 1.82) is 0 Å². The smallest absolute Gasteiger partial charge is 0.231 e. The number of fused-ring (bicyclic) bond motifs is 2. The first-order valence-electron chi connectivity index (χ1n) is 11.1. The summed E-state index contributed by atoms with van der Waals surface area (Å²) in [6.45, 7) is 0.830. The van der Waals surface area contributed by atoms with Crippen LogP contribution >= 0.6 is 0 Å². The van der Waals surface area contributed by atoms with Gasteiger partial charge in [0.2, 0.25) is 12.7 Å². The zero-order chi connectivity index (χ0) is 20.6. The van der Waals surface area contributed by atoms with Crippen LogP contribution in [0.4, 0.5) is 0 Å². The number of nitrogens with zero attached hydrogens (tertiary/aromatic N) is 1. The van der Waals surface area contributed by atoms with Gasteiger partial charge >= 0.3 is 0 Å². The molecule has 5 rings (SSSR count). The standard InChI is InChI=1S/C25H29NO4/c27-23(12-9-18-6-2-1-3-7-18)26-15-14-25(28)13-5-4-8-20(25)24(26)19-10-11-21-22(16-19)30-17-29-21/h1-3,6-7,10-11,16,20,24,28H,4-5,8-9,12-15,17H2. The second-order valence-corrected chi connectivity index (χ2v) is 8.84. The highest BCUT2D eigenvalue weighted by Gasteiger charge is 2.50. The average molecular weight is 408 g/mol. The molecule has 0 bridgehead atoms. The van der Waals surface area contributed by atoms with Gasteiger partial charge in [-0.1, -0.05) is 49.2 Å². The Hall–Kier alpha value is -2.53. The van der Waals surface area contributed by atoms with Gasteiger partial charge < -0.3 is 19.5 Å². The predicted octanol–water partition coefficient (Wildman–Crippen LogP) is 4.24. The van der Waals surface area contributed by atoms with E-state index in [1.807, 2.05) is 41.3 Å². The fourth-order valence-corrected chi connectivity index (χ4v) is 5.51. The van der Waals surface area contributed by atoms with Crippen LogP contribution in [0.25, 0.3) is 0 Å². The molecule has 5 nitrogen and oxygen atoms in total. The Morgan fingerprint density at radius 2 is 1.90 bits per heavy atom.